The number of alkyl halides is 1. The second kappa shape index (κ2) is 2.56. The van der Waals surface area contributed by atoms with E-state index in [4.69, 9.17) is 0 Å². The largest absolute Gasteiger partial charge is 0.362 e. The molecule has 1 nitrogen and oxygen atoms in total. The van der Waals surface area contributed by atoms with Crippen molar-refractivity contribution < 1.29 is 0 Å². The number of H-pyrrole nitrogens is 1. The highest BCUT2D eigenvalue weighted by Crippen LogP contribution is 2.11. The van der Waals surface area contributed by atoms with Crippen LogP contribution in [0.5, 0.6) is 0 Å². The number of hydrogen-bond acceptors (Lipinski definition) is 0. The Hall–Kier alpha value is -0.240. The number of nitrogens with one attached hydrogen (secondary N) is 1. The summed E-state index contributed by atoms with van der Waals surface area (Å²) in [4.78, 5) is 3.25. The fourth-order valence-corrected chi connectivity index (χ4v) is 1.51. The molecule has 0 fully saturated rings. The van der Waals surface area contributed by atoms with Gasteiger partial charge in [-0.2, -0.15) is 0 Å². The van der Waals surface area contributed by atoms with Crippen molar-refractivity contribution in [2.24, 2.45) is 0 Å². The standard InChI is InChI=1S/C7H10BrN/c1-5-3-6(2)9-7(5)4-8/h3,9H,4H2,1-2H3. The molecule has 0 aliphatic heterocycles. The second-order valence-corrected chi connectivity index (χ2v) is 2.81. The molecule has 0 radical (unpaired) electrons. The maximum absolute atomic E-state index is 3.39. The average molecular weight is 188 g/mol. The SMILES string of the molecule is Cc1cc(C)c(CBr)[nH]1. The Bertz CT molecular complexity index is 203. The monoisotopic (exact) mass is 187 g/mol. The maximum Gasteiger partial charge on any atom is 0.0437 e. The normalized spacial score (nSPS) is 10.1. The lowest BCUT2D eigenvalue weighted by Gasteiger charge is -1.88. The van der Waals surface area contributed by atoms with Crippen LogP contribution < -0.4 is 0 Å². The molecule has 0 aliphatic carbocycles. The zero-order valence-corrected chi connectivity index (χ0v) is 7.25. The molecule has 0 aliphatic rings. The first-order valence-corrected chi connectivity index (χ1v) is 4.07. The van der Waals surface area contributed by atoms with E-state index in [9.17, 15) is 0 Å². The van der Waals surface area contributed by atoms with Crippen LogP contribution in [0.15, 0.2) is 6.07 Å². The van der Waals surface area contributed by atoms with Crippen molar-refractivity contribution in [3.05, 3.63) is 23.0 Å². The summed E-state index contributed by atoms with van der Waals surface area (Å²) in [5.74, 6) is 0. The van der Waals surface area contributed by atoms with Crippen molar-refractivity contribution in [1.82, 2.24) is 4.98 Å². The van der Waals surface area contributed by atoms with Crippen LogP contribution in [0, 0.1) is 13.8 Å². The number of aromatic amines is 1. The van der Waals surface area contributed by atoms with Gasteiger partial charge < -0.3 is 4.98 Å². The van der Waals surface area contributed by atoms with Gasteiger partial charge in [-0.25, -0.2) is 0 Å². The molecular weight excluding hydrogens is 178 g/mol. The second-order valence-electron chi connectivity index (χ2n) is 2.25. The summed E-state index contributed by atoms with van der Waals surface area (Å²) in [5, 5.41) is 0.923. The lowest BCUT2D eigenvalue weighted by Crippen LogP contribution is -1.78. The van der Waals surface area contributed by atoms with Gasteiger partial charge in [0.15, 0.2) is 0 Å². The summed E-state index contributed by atoms with van der Waals surface area (Å²) < 4.78 is 0. The Morgan fingerprint density at radius 1 is 1.56 bits per heavy atom. The summed E-state index contributed by atoms with van der Waals surface area (Å²) in [7, 11) is 0. The maximum atomic E-state index is 3.39. The Balaban J connectivity index is 3.01. The van der Waals surface area contributed by atoms with Gasteiger partial charge in [0, 0.05) is 16.7 Å². The number of rotatable bonds is 1. The molecule has 2 heteroatoms. The summed E-state index contributed by atoms with van der Waals surface area (Å²) in [6.07, 6.45) is 0. The van der Waals surface area contributed by atoms with Crippen LogP contribution in [0.3, 0.4) is 0 Å². The van der Waals surface area contributed by atoms with Crippen LogP contribution in [0.1, 0.15) is 17.0 Å². The minimum atomic E-state index is 0.923. The third-order valence-corrected chi connectivity index (χ3v) is 1.95. The zero-order valence-electron chi connectivity index (χ0n) is 5.66. The first-order valence-electron chi connectivity index (χ1n) is 2.95. The number of aryl methyl sites for hydroxylation is 2. The van der Waals surface area contributed by atoms with Crippen molar-refractivity contribution in [2.75, 3.05) is 0 Å². The molecule has 0 saturated carbocycles. The number of hydrogen-bond donors (Lipinski definition) is 1. The number of halogens is 1. The van der Waals surface area contributed by atoms with Crippen LogP contribution in [-0.4, -0.2) is 4.98 Å². The summed E-state index contributed by atoms with van der Waals surface area (Å²) in [5.41, 5.74) is 3.86. The Morgan fingerprint density at radius 2 is 2.22 bits per heavy atom. The molecule has 0 atom stereocenters. The quantitative estimate of drug-likeness (QED) is 0.651. The highest BCUT2D eigenvalue weighted by Gasteiger charge is 1.97. The summed E-state index contributed by atoms with van der Waals surface area (Å²) >= 11 is 3.39. The van der Waals surface area contributed by atoms with Crippen molar-refractivity contribution in [2.45, 2.75) is 19.2 Å². The first kappa shape index (κ1) is 6.87. The lowest BCUT2D eigenvalue weighted by molar-refractivity contribution is 1.16. The van der Waals surface area contributed by atoms with Crippen LogP contribution in [0.25, 0.3) is 0 Å². The molecule has 1 aromatic rings. The highest BCUT2D eigenvalue weighted by atomic mass is 79.9. The minimum Gasteiger partial charge on any atom is -0.362 e. The molecule has 1 heterocycles. The molecule has 0 spiro atoms. The van der Waals surface area contributed by atoms with Crippen molar-refractivity contribution in [3.63, 3.8) is 0 Å². The van der Waals surface area contributed by atoms with E-state index >= 15 is 0 Å². The predicted molar refractivity (Wildman–Crippen MR) is 42.9 cm³/mol. The third-order valence-electron chi connectivity index (χ3n) is 1.39. The van der Waals surface area contributed by atoms with Gasteiger partial charge in [0.1, 0.15) is 0 Å². The van der Waals surface area contributed by atoms with E-state index in [0.717, 1.165) is 5.33 Å². The molecule has 0 amide bonds. The third kappa shape index (κ3) is 1.36. The molecule has 1 N–H and O–H groups in total. The first-order chi connectivity index (χ1) is 4.24. The van der Waals surface area contributed by atoms with E-state index in [1.54, 1.807) is 0 Å². The van der Waals surface area contributed by atoms with E-state index in [-0.39, 0.29) is 0 Å². The van der Waals surface area contributed by atoms with Crippen molar-refractivity contribution >= 4 is 15.9 Å². The predicted octanol–water partition coefficient (Wildman–Crippen LogP) is 2.53. The van der Waals surface area contributed by atoms with Crippen LogP contribution in [0.2, 0.25) is 0 Å². The molecule has 1 aromatic heterocycles. The van der Waals surface area contributed by atoms with Crippen molar-refractivity contribution in [3.8, 4) is 0 Å². The van der Waals surface area contributed by atoms with E-state index in [2.05, 4.69) is 40.8 Å². The van der Waals surface area contributed by atoms with E-state index in [0.29, 0.717) is 0 Å². The van der Waals surface area contributed by atoms with Crippen LogP contribution in [-0.2, 0) is 5.33 Å². The molecule has 1 rings (SSSR count). The van der Waals surface area contributed by atoms with Gasteiger partial charge in [0.25, 0.3) is 0 Å². The summed E-state index contributed by atoms with van der Waals surface area (Å²) in [6, 6.07) is 2.15. The molecule has 9 heavy (non-hydrogen) atoms. The van der Waals surface area contributed by atoms with Gasteiger partial charge in [-0.1, -0.05) is 15.9 Å². The number of aromatic nitrogens is 1. The van der Waals surface area contributed by atoms with E-state index in [1.807, 2.05) is 0 Å². The Kier molecular flexibility index (Phi) is 1.96. The molecular formula is C7H10BrN. The molecule has 0 bridgehead atoms. The minimum absolute atomic E-state index is 0.923. The van der Waals surface area contributed by atoms with E-state index in [1.165, 1.54) is 17.0 Å². The highest BCUT2D eigenvalue weighted by molar-refractivity contribution is 9.08. The van der Waals surface area contributed by atoms with Gasteiger partial charge >= 0.3 is 0 Å². The fourth-order valence-electron chi connectivity index (χ4n) is 0.923. The van der Waals surface area contributed by atoms with Gasteiger partial charge in [-0.15, -0.1) is 0 Å². The van der Waals surface area contributed by atoms with Gasteiger partial charge in [0.05, 0.1) is 0 Å². The summed E-state index contributed by atoms with van der Waals surface area (Å²) in [6.45, 7) is 4.18. The average Bonchev–Trinajstić information content (AvgIpc) is 2.10. The zero-order chi connectivity index (χ0) is 6.85. The topological polar surface area (TPSA) is 15.8 Å². The van der Waals surface area contributed by atoms with E-state index < -0.39 is 0 Å². The fraction of sp³-hybridized carbons (Fsp3) is 0.429. The van der Waals surface area contributed by atoms with Gasteiger partial charge in [-0.3, -0.25) is 0 Å². The Morgan fingerprint density at radius 3 is 2.44 bits per heavy atom. The molecule has 50 valence electrons. The molecule has 0 aromatic carbocycles. The smallest absolute Gasteiger partial charge is 0.0437 e. The van der Waals surface area contributed by atoms with Gasteiger partial charge in [-0.05, 0) is 25.5 Å². The Labute approximate surface area is 63.6 Å². The van der Waals surface area contributed by atoms with Crippen LogP contribution in [0.4, 0.5) is 0 Å². The van der Waals surface area contributed by atoms with Gasteiger partial charge in [0.2, 0.25) is 0 Å². The lowest BCUT2D eigenvalue weighted by atomic mass is 10.3. The molecule has 0 unspecified atom stereocenters. The van der Waals surface area contributed by atoms with Crippen LogP contribution >= 0.6 is 15.9 Å². The molecule has 0 saturated heterocycles. The van der Waals surface area contributed by atoms with Crippen molar-refractivity contribution in [1.29, 1.82) is 0 Å².